The number of benzene rings is 3. The van der Waals surface area contributed by atoms with Crippen LogP contribution in [0.15, 0.2) is 71.8 Å². The summed E-state index contributed by atoms with van der Waals surface area (Å²) in [6.07, 6.45) is 1.18. The molecule has 2 N–H and O–H groups in total. The molecule has 0 heterocycles. The van der Waals surface area contributed by atoms with E-state index in [4.69, 9.17) is 9.47 Å². The van der Waals surface area contributed by atoms with Crippen molar-refractivity contribution in [1.82, 2.24) is 5.43 Å². The zero-order chi connectivity index (χ0) is 23.1. The molecule has 0 aliphatic carbocycles. The second-order valence-electron chi connectivity index (χ2n) is 6.32. The van der Waals surface area contributed by atoms with Crippen LogP contribution in [-0.2, 0) is 0 Å². The third kappa shape index (κ3) is 5.25. The minimum atomic E-state index is -0.771. The molecule has 3 rings (SSSR count). The van der Waals surface area contributed by atoms with Crippen LogP contribution in [0.5, 0.6) is 17.2 Å². The maximum atomic E-state index is 12.3. The molecule has 10 heteroatoms. The predicted octanol–water partition coefficient (Wildman–Crippen LogP) is 3.29. The average molecular weight is 435 g/mol. The summed E-state index contributed by atoms with van der Waals surface area (Å²) in [7, 11) is 1.48. The van der Waals surface area contributed by atoms with E-state index in [0.29, 0.717) is 5.75 Å². The van der Waals surface area contributed by atoms with E-state index in [1.165, 1.54) is 49.7 Å². The highest BCUT2D eigenvalue weighted by molar-refractivity contribution is 5.97. The molecule has 0 aliphatic heterocycles. The Morgan fingerprint density at radius 3 is 2.47 bits per heavy atom. The van der Waals surface area contributed by atoms with E-state index in [0.717, 1.165) is 6.07 Å². The first kappa shape index (κ1) is 22.0. The molecule has 0 saturated carbocycles. The quantitative estimate of drug-likeness (QED) is 0.191. The Kier molecular flexibility index (Phi) is 6.76. The normalized spacial score (nSPS) is 10.5. The van der Waals surface area contributed by atoms with Gasteiger partial charge in [-0.2, -0.15) is 5.10 Å². The van der Waals surface area contributed by atoms with E-state index in [2.05, 4.69) is 10.5 Å². The van der Waals surface area contributed by atoms with E-state index in [1.807, 2.05) is 0 Å². The highest BCUT2D eigenvalue weighted by atomic mass is 16.6. The predicted molar refractivity (Wildman–Crippen MR) is 114 cm³/mol. The maximum Gasteiger partial charge on any atom is 0.343 e. The topological polar surface area (TPSA) is 140 Å². The Morgan fingerprint density at radius 1 is 1.09 bits per heavy atom. The summed E-state index contributed by atoms with van der Waals surface area (Å²) in [4.78, 5) is 35.1. The van der Waals surface area contributed by atoms with Crippen molar-refractivity contribution in [2.45, 2.75) is 0 Å². The Balaban J connectivity index is 1.73. The molecule has 0 saturated heterocycles. The molecule has 0 atom stereocenters. The van der Waals surface area contributed by atoms with Gasteiger partial charge in [-0.3, -0.25) is 14.9 Å². The van der Waals surface area contributed by atoms with Crippen LogP contribution in [0.2, 0.25) is 0 Å². The monoisotopic (exact) mass is 435 g/mol. The molecular weight excluding hydrogens is 418 g/mol. The summed E-state index contributed by atoms with van der Waals surface area (Å²) in [5.41, 5.74) is 2.26. The lowest BCUT2D eigenvalue weighted by atomic mass is 10.2. The molecule has 0 radical (unpaired) electrons. The smallest absolute Gasteiger partial charge is 0.343 e. The number of nitro groups is 1. The van der Waals surface area contributed by atoms with Crippen LogP contribution in [0, 0.1) is 10.1 Å². The van der Waals surface area contributed by atoms with Gasteiger partial charge >= 0.3 is 11.7 Å². The van der Waals surface area contributed by atoms with Crippen molar-refractivity contribution in [2.24, 2.45) is 5.10 Å². The van der Waals surface area contributed by atoms with Gasteiger partial charge in [0.25, 0.3) is 5.91 Å². The summed E-state index contributed by atoms with van der Waals surface area (Å²) in [6, 6.07) is 15.8. The SMILES string of the molecule is COc1ccc(C(=O)Oc2ccc(/C=N\NC(=O)c3ccccc3O)cc2[N+](=O)[O-])cc1. The van der Waals surface area contributed by atoms with E-state index < -0.39 is 22.5 Å². The molecule has 0 aliphatic rings. The van der Waals surface area contributed by atoms with Gasteiger partial charge < -0.3 is 14.6 Å². The largest absolute Gasteiger partial charge is 0.507 e. The maximum absolute atomic E-state index is 12.3. The Labute approximate surface area is 181 Å². The number of hydrazone groups is 1. The molecule has 1 amide bonds. The molecule has 0 bridgehead atoms. The number of nitro benzene ring substituents is 1. The number of hydrogen-bond donors (Lipinski definition) is 2. The number of ether oxygens (including phenoxy) is 2. The number of phenols is 1. The lowest BCUT2D eigenvalue weighted by Gasteiger charge is -2.06. The number of hydrogen-bond acceptors (Lipinski definition) is 8. The van der Waals surface area contributed by atoms with Crippen molar-refractivity contribution in [1.29, 1.82) is 0 Å². The fraction of sp³-hybridized carbons (Fsp3) is 0.0455. The summed E-state index contributed by atoms with van der Waals surface area (Å²) >= 11 is 0. The van der Waals surface area contributed by atoms with Gasteiger partial charge in [-0.05, 0) is 48.5 Å². The van der Waals surface area contributed by atoms with Crippen LogP contribution >= 0.6 is 0 Å². The van der Waals surface area contributed by atoms with Gasteiger partial charge in [-0.25, -0.2) is 10.2 Å². The second-order valence-corrected chi connectivity index (χ2v) is 6.32. The first-order valence-corrected chi connectivity index (χ1v) is 9.15. The number of nitrogens with one attached hydrogen (secondary N) is 1. The number of nitrogens with zero attached hydrogens (tertiary/aromatic N) is 2. The molecule has 3 aromatic carbocycles. The molecule has 0 aromatic heterocycles. The summed E-state index contributed by atoms with van der Waals surface area (Å²) in [5.74, 6) is -1.33. The standard InChI is InChI=1S/C22H17N3O7/c1-31-16-9-7-15(8-10-16)22(28)32-20-11-6-14(12-18(20)25(29)30)13-23-24-21(27)17-4-2-3-5-19(17)26/h2-13,26H,1H3,(H,24,27)/b23-13-. The van der Waals surface area contributed by atoms with Crippen LogP contribution in [0.25, 0.3) is 0 Å². The second kappa shape index (κ2) is 9.85. The van der Waals surface area contributed by atoms with E-state index in [-0.39, 0.29) is 28.2 Å². The fourth-order valence-electron chi connectivity index (χ4n) is 2.62. The molecule has 0 unspecified atom stereocenters. The van der Waals surface area contributed by atoms with Gasteiger partial charge in [0.1, 0.15) is 11.5 Å². The highest BCUT2D eigenvalue weighted by Gasteiger charge is 2.19. The summed E-state index contributed by atoms with van der Waals surface area (Å²) in [5, 5.41) is 24.8. The van der Waals surface area contributed by atoms with Crippen LogP contribution in [0.1, 0.15) is 26.3 Å². The van der Waals surface area contributed by atoms with Gasteiger partial charge in [0.05, 0.1) is 29.4 Å². The first-order chi connectivity index (χ1) is 15.4. The lowest BCUT2D eigenvalue weighted by molar-refractivity contribution is -0.385. The number of para-hydroxylation sites is 1. The van der Waals surface area contributed by atoms with Crippen molar-refractivity contribution in [3.05, 3.63) is 93.5 Å². The van der Waals surface area contributed by atoms with Gasteiger partial charge in [-0.1, -0.05) is 12.1 Å². The van der Waals surface area contributed by atoms with Gasteiger partial charge in [-0.15, -0.1) is 0 Å². The first-order valence-electron chi connectivity index (χ1n) is 9.15. The summed E-state index contributed by atoms with van der Waals surface area (Å²) in [6.45, 7) is 0. The van der Waals surface area contributed by atoms with Crippen molar-refractivity contribution in [3.63, 3.8) is 0 Å². The van der Waals surface area contributed by atoms with Crippen molar-refractivity contribution in [3.8, 4) is 17.2 Å². The molecule has 0 fully saturated rings. The number of aromatic hydroxyl groups is 1. The molecule has 162 valence electrons. The minimum absolute atomic E-state index is 0.0245. The average Bonchev–Trinajstić information content (AvgIpc) is 2.80. The number of methoxy groups -OCH3 is 1. The zero-order valence-electron chi connectivity index (χ0n) is 16.7. The van der Waals surface area contributed by atoms with Gasteiger partial charge in [0.15, 0.2) is 0 Å². The van der Waals surface area contributed by atoms with Gasteiger partial charge in [0.2, 0.25) is 5.75 Å². The van der Waals surface area contributed by atoms with Crippen LogP contribution < -0.4 is 14.9 Å². The number of carbonyl (C=O) groups excluding carboxylic acids is 2. The number of carbonyl (C=O) groups is 2. The number of amides is 1. The van der Waals surface area contributed by atoms with E-state index in [1.54, 1.807) is 24.3 Å². The van der Waals surface area contributed by atoms with Crippen LogP contribution in [0.4, 0.5) is 5.69 Å². The summed E-state index contributed by atoms with van der Waals surface area (Å²) < 4.78 is 10.2. The Bertz CT molecular complexity index is 1190. The molecule has 10 nitrogen and oxygen atoms in total. The zero-order valence-corrected chi connectivity index (χ0v) is 16.7. The Morgan fingerprint density at radius 2 is 1.81 bits per heavy atom. The molecular formula is C22H17N3O7. The third-order valence-electron chi connectivity index (χ3n) is 4.24. The van der Waals surface area contributed by atoms with Crippen molar-refractivity contribution in [2.75, 3.05) is 7.11 Å². The number of rotatable bonds is 7. The lowest BCUT2D eigenvalue weighted by Crippen LogP contribution is -2.17. The van der Waals surface area contributed by atoms with E-state index >= 15 is 0 Å². The molecule has 3 aromatic rings. The fourth-order valence-corrected chi connectivity index (χ4v) is 2.62. The number of phenolic OH excluding ortho intramolecular Hbond substituents is 1. The van der Waals surface area contributed by atoms with Crippen LogP contribution in [-0.4, -0.2) is 35.2 Å². The number of esters is 1. The molecule has 32 heavy (non-hydrogen) atoms. The minimum Gasteiger partial charge on any atom is -0.507 e. The van der Waals surface area contributed by atoms with E-state index in [9.17, 15) is 24.8 Å². The van der Waals surface area contributed by atoms with Crippen molar-refractivity contribution >= 4 is 23.8 Å². The Hall–Kier alpha value is -4.73. The molecule has 0 spiro atoms. The third-order valence-corrected chi connectivity index (χ3v) is 4.24. The van der Waals surface area contributed by atoms with Crippen molar-refractivity contribution < 1.29 is 29.1 Å². The van der Waals surface area contributed by atoms with Crippen LogP contribution in [0.3, 0.4) is 0 Å². The van der Waals surface area contributed by atoms with Gasteiger partial charge in [0, 0.05) is 11.6 Å². The highest BCUT2D eigenvalue weighted by Crippen LogP contribution is 2.28.